The van der Waals surface area contributed by atoms with Crippen LogP contribution in [0.3, 0.4) is 0 Å². The molecule has 0 aliphatic carbocycles. The quantitative estimate of drug-likeness (QED) is 0.681. The van der Waals surface area contributed by atoms with Crippen LogP contribution in [-0.2, 0) is 4.79 Å². The lowest BCUT2D eigenvalue weighted by molar-refractivity contribution is -0.384. The first kappa shape index (κ1) is 13.6. The molecule has 102 valence electrons. The van der Waals surface area contributed by atoms with Gasteiger partial charge in [-0.2, -0.15) is 0 Å². The van der Waals surface area contributed by atoms with Gasteiger partial charge in [0.25, 0.3) is 5.69 Å². The van der Waals surface area contributed by atoms with E-state index >= 15 is 0 Å². The molecule has 0 spiro atoms. The first-order chi connectivity index (χ1) is 9.00. The lowest BCUT2D eigenvalue weighted by Gasteiger charge is -2.34. The Morgan fingerprint density at radius 2 is 2.21 bits per heavy atom. The number of anilines is 1. The van der Waals surface area contributed by atoms with E-state index in [4.69, 9.17) is 11.6 Å². The number of nitro benzene ring substituents is 1. The van der Waals surface area contributed by atoms with E-state index in [-0.39, 0.29) is 11.4 Å². The third-order valence-electron chi connectivity index (χ3n) is 3.23. The van der Waals surface area contributed by atoms with Crippen LogP contribution in [0.1, 0.15) is 19.3 Å². The summed E-state index contributed by atoms with van der Waals surface area (Å²) in [5.74, 6) is -0.964. The minimum absolute atomic E-state index is 0.113. The Bertz CT molecular complexity index is 520. The fraction of sp³-hybridized carbons (Fsp3) is 0.417. The molecule has 2 rings (SSSR count). The van der Waals surface area contributed by atoms with Crippen LogP contribution in [0, 0.1) is 10.1 Å². The van der Waals surface area contributed by atoms with Crippen LogP contribution in [0.2, 0.25) is 5.02 Å². The summed E-state index contributed by atoms with van der Waals surface area (Å²) in [6.45, 7) is 0.484. The summed E-state index contributed by atoms with van der Waals surface area (Å²) in [5.41, 5.74) is 0.169. The van der Waals surface area contributed by atoms with E-state index in [2.05, 4.69) is 0 Å². The third-order valence-corrected chi connectivity index (χ3v) is 3.47. The molecule has 1 fully saturated rings. The van der Waals surface area contributed by atoms with Gasteiger partial charge in [0, 0.05) is 17.6 Å². The number of carboxylic acids is 1. The molecule has 0 bridgehead atoms. The van der Waals surface area contributed by atoms with Crippen LogP contribution < -0.4 is 4.90 Å². The molecule has 19 heavy (non-hydrogen) atoms. The average molecular weight is 285 g/mol. The van der Waals surface area contributed by atoms with Gasteiger partial charge in [0.05, 0.1) is 4.92 Å². The SMILES string of the molecule is O=C(O)C1CCCCN1c1cc(Cl)ccc1[N+](=O)[O-]. The van der Waals surface area contributed by atoms with Gasteiger partial charge in [-0.05, 0) is 31.4 Å². The number of halogens is 1. The number of hydrogen-bond acceptors (Lipinski definition) is 4. The second-order valence-corrected chi connectivity index (χ2v) is 4.87. The lowest BCUT2D eigenvalue weighted by Crippen LogP contribution is -2.45. The molecule has 0 radical (unpaired) electrons. The summed E-state index contributed by atoms with van der Waals surface area (Å²) in [7, 11) is 0. The Balaban J connectivity index is 2.46. The van der Waals surface area contributed by atoms with E-state index < -0.39 is 16.9 Å². The van der Waals surface area contributed by atoms with Crippen molar-refractivity contribution in [2.24, 2.45) is 0 Å². The van der Waals surface area contributed by atoms with E-state index in [1.54, 1.807) is 4.90 Å². The van der Waals surface area contributed by atoms with Crippen molar-refractivity contribution in [2.75, 3.05) is 11.4 Å². The van der Waals surface area contributed by atoms with Crippen molar-refractivity contribution in [2.45, 2.75) is 25.3 Å². The largest absolute Gasteiger partial charge is 0.480 e. The highest BCUT2D eigenvalue weighted by Crippen LogP contribution is 2.35. The van der Waals surface area contributed by atoms with Crippen molar-refractivity contribution >= 4 is 28.9 Å². The average Bonchev–Trinajstić information content (AvgIpc) is 2.38. The number of nitro groups is 1. The maximum atomic E-state index is 11.3. The molecular weight excluding hydrogens is 272 g/mol. The summed E-state index contributed by atoms with van der Waals surface area (Å²) in [6, 6.07) is 3.47. The van der Waals surface area contributed by atoms with Crippen LogP contribution in [-0.4, -0.2) is 28.6 Å². The van der Waals surface area contributed by atoms with Gasteiger partial charge in [-0.3, -0.25) is 10.1 Å². The number of rotatable bonds is 3. The molecule has 1 aromatic rings. The van der Waals surface area contributed by atoms with Crippen LogP contribution >= 0.6 is 11.6 Å². The third kappa shape index (κ3) is 2.78. The van der Waals surface area contributed by atoms with E-state index in [9.17, 15) is 20.0 Å². The molecule has 1 heterocycles. The number of carboxylic acid groups (broad SMARTS) is 1. The maximum Gasteiger partial charge on any atom is 0.326 e. The molecule has 1 aliphatic heterocycles. The van der Waals surface area contributed by atoms with Crippen molar-refractivity contribution in [1.29, 1.82) is 0 Å². The van der Waals surface area contributed by atoms with E-state index in [0.29, 0.717) is 18.0 Å². The normalized spacial score (nSPS) is 19.2. The second kappa shape index (κ2) is 5.44. The molecule has 7 heteroatoms. The molecule has 6 nitrogen and oxygen atoms in total. The van der Waals surface area contributed by atoms with Crippen molar-refractivity contribution in [3.8, 4) is 0 Å². The van der Waals surface area contributed by atoms with Crippen molar-refractivity contribution in [1.82, 2.24) is 0 Å². The monoisotopic (exact) mass is 284 g/mol. The van der Waals surface area contributed by atoms with Gasteiger partial charge in [-0.15, -0.1) is 0 Å². The molecule has 1 atom stereocenters. The molecule has 1 N–H and O–H groups in total. The van der Waals surface area contributed by atoms with Crippen molar-refractivity contribution < 1.29 is 14.8 Å². The molecule has 0 saturated carbocycles. The Morgan fingerprint density at radius 1 is 1.47 bits per heavy atom. The summed E-state index contributed by atoms with van der Waals surface area (Å²) in [5, 5.41) is 20.6. The van der Waals surface area contributed by atoms with Crippen LogP contribution in [0.4, 0.5) is 11.4 Å². The topological polar surface area (TPSA) is 83.7 Å². The number of carbonyl (C=O) groups is 1. The Hall–Kier alpha value is -1.82. The van der Waals surface area contributed by atoms with Crippen LogP contribution in [0.25, 0.3) is 0 Å². The van der Waals surface area contributed by atoms with E-state index in [1.165, 1.54) is 18.2 Å². The smallest absolute Gasteiger partial charge is 0.326 e. The number of piperidine rings is 1. The second-order valence-electron chi connectivity index (χ2n) is 4.43. The summed E-state index contributed by atoms with van der Waals surface area (Å²) in [4.78, 5) is 23.4. The molecule has 0 aromatic heterocycles. The van der Waals surface area contributed by atoms with Crippen molar-refractivity contribution in [3.05, 3.63) is 33.3 Å². The molecule has 1 aromatic carbocycles. The highest BCUT2D eigenvalue weighted by atomic mass is 35.5. The maximum absolute atomic E-state index is 11.3. The molecule has 1 saturated heterocycles. The number of aliphatic carboxylic acids is 1. The first-order valence-electron chi connectivity index (χ1n) is 5.94. The minimum Gasteiger partial charge on any atom is -0.480 e. The fourth-order valence-electron chi connectivity index (χ4n) is 2.36. The van der Waals surface area contributed by atoms with Crippen LogP contribution in [0.15, 0.2) is 18.2 Å². The fourth-order valence-corrected chi connectivity index (χ4v) is 2.52. The molecule has 0 amide bonds. The van der Waals surface area contributed by atoms with Gasteiger partial charge in [-0.1, -0.05) is 11.6 Å². The first-order valence-corrected chi connectivity index (χ1v) is 6.32. The molecule has 1 unspecified atom stereocenters. The van der Waals surface area contributed by atoms with Gasteiger partial charge in [-0.25, -0.2) is 4.79 Å². The molecule has 1 aliphatic rings. The zero-order chi connectivity index (χ0) is 14.0. The van der Waals surface area contributed by atoms with Crippen molar-refractivity contribution in [3.63, 3.8) is 0 Å². The van der Waals surface area contributed by atoms with Crippen LogP contribution in [0.5, 0.6) is 0 Å². The zero-order valence-electron chi connectivity index (χ0n) is 10.1. The summed E-state index contributed by atoms with van der Waals surface area (Å²) >= 11 is 5.87. The number of hydrogen-bond donors (Lipinski definition) is 1. The van der Waals surface area contributed by atoms with Gasteiger partial charge in [0.1, 0.15) is 11.7 Å². The highest BCUT2D eigenvalue weighted by Gasteiger charge is 2.32. The number of nitrogens with zero attached hydrogens (tertiary/aromatic N) is 2. The Labute approximate surface area is 114 Å². The van der Waals surface area contributed by atoms with Gasteiger partial charge in [0.2, 0.25) is 0 Å². The van der Waals surface area contributed by atoms with E-state index in [0.717, 1.165) is 12.8 Å². The highest BCUT2D eigenvalue weighted by molar-refractivity contribution is 6.31. The predicted octanol–water partition coefficient (Wildman–Crippen LogP) is 2.69. The zero-order valence-corrected chi connectivity index (χ0v) is 10.8. The predicted molar refractivity (Wildman–Crippen MR) is 70.7 cm³/mol. The van der Waals surface area contributed by atoms with Gasteiger partial charge < -0.3 is 10.0 Å². The van der Waals surface area contributed by atoms with E-state index in [1.807, 2.05) is 0 Å². The molecular formula is C12H13ClN2O4. The summed E-state index contributed by atoms with van der Waals surface area (Å²) in [6.07, 6.45) is 2.11. The summed E-state index contributed by atoms with van der Waals surface area (Å²) < 4.78 is 0. The Morgan fingerprint density at radius 3 is 2.84 bits per heavy atom. The van der Waals surface area contributed by atoms with Gasteiger partial charge in [0.15, 0.2) is 0 Å². The number of benzene rings is 1. The Kier molecular flexibility index (Phi) is 3.90. The van der Waals surface area contributed by atoms with Gasteiger partial charge >= 0.3 is 5.97 Å². The standard InChI is InChI=1S/C12H13ClN2O4/c13-8-4-5-9(15(18)19)11(7-8)14-6-2-1-3-10(14)12(16)17/h4-5,7,10H,1-3,6H2,(H,16,17). The minimum atomic E-state index is -0.964. The lowest BCUT2D eigenvalue weighted by atomic mass is 10.0.